The Morgan fingerprint density at radius 3 is 2.38 bits per heavy atom. The largest absolute Gasteiger partial charge is 0.487 e. The summed E-state index contributed by atoms with van der Waals surface area (Å²) in [5.74, 6) is 0.975. The molecule has 0 saturated heterocycles. The van der Waals surface area contributed by atoms with E-state index in [1.54, 1.807) is 0 Å². The van der Waals surface area contributed by atoms with Crippen molar-refractivity contribution in [2.75, 3.05) is 0 Å². The maximum absolute atomic E-state index is 6.67. The van der Waals surface area contributed by atoms with Gasteiger partial charge in [0.2, 0.25) is 0 Å². The van der Waals surface area contributed by atoms with Gasteiger partial charge in [0.25, 0.3) is 0 Å². The molecule has 0 fully saturated rings. The standard InChI is InChI=1S/C17H15Br2ClO/c1-17(2)9-12-5-10(3-4-15(12)21-17)16(20)11-6-13(18)8-14(19)7-11/h3-8,16H,9H2,1-2H3. The number of benzene rings is 2. The third-order valence-corrected chi connectivity index (χ3v) is 4.98. The van der Waals surface area contributed by atoms with Crippen molar-refractivity contribution in [2.24, 2.45) is 0 Å². The van der Waals surface area contributed by atoms with E-state index in [1.165, 1.54) is 5.56 Å². The van der Waals surface area contributed by atoms with E-state index < -0.39 is 0 Å². The zero-order valence-electron chi connectivity index (χ0n) is 11.8. The first kappa shape index (κ1) is 15.4. The molecule has 3 rings (SSSR count). The van der Waals surface area contributed by atoms with Gasteiger partial charge in [0.05, 0.1) is 5.38 Å². The van der Waals surface area contributed by atoms with Gasteiger partial charge in [0, 0.05) is 15.4 Å². The van der Waals surface area contributed by atoms with E-state index in [0.29, 0.717) is 0 Å². The fraction of sp³-hybridized carbons (Fsp3) is 0.294. The second kappa shape index (κ2) is 5.60. The summed E-state index contributed by atoms with van der Waals surface area (Å²) in [6.45, 7) is 4.21. The minimum absolute atomic E-state index is 0.123. The minimum Gasteiger partial charge on any atom is -0.487 e. The lowest BCUT2D eigenvalue weighted by atomic mass is 9.97. The molecule has 110 valence electrons. The lowest BCUT2D eigenvalue weighted by Gasteiger charge is -2.16. The molecular weight excluding hydrogens is 415 g/mol. The van der Waals surface area contributed by atoms with Crippen LogP contribution in [0.2, 0.25) is 0 Å². The van der Waals surface area contributed by atoms with E-state index in [4.69, 9.17) is 16.3 Å². The Balaban J connectivity index is 1.95. The molecule has 0 spiro atoms. The van der Waals surface area contributed by atoms with Crippen LogP contribution in [0.1, 0.15) is 35.9 Å². The van der Waals surface area contributed by atoms with Gasteiger partial charge in [-0.2, -0.15) is 0 Å². The fourth-order valence-electron chi connectivity index (χ4n) is 2.70. The van der Waals surface area contributed by atoms with E-state index in [-0.39, 0.29) is 11.0 Å². The molecule has 0 saturated carbocycles. The molecule has 0 aliphatic carbocycles. The summed E-state index contributed by atoms with van der Waals surface area (Å²) in [7, 11) is 0. The van der Waals surface area contributed by atoms with Crippen LogP contribution in [0, 0.1) is 0 Å². The number of ether oxygens (including phenoxy) is 1. The molecule has 1 atom stereocenters. The Hall–Kier alpha value is -0.510. The van der Waals surface area contributed by atoms with Crippen LogP contribution >= 0.6 is 43.5 Å². The summed E-state index contributed by atoms with van der Waals surface area (Å²) in [6, 6.07) is 12.4. The van der Waals surface area contributed by atoms with Crippen molar-refractivity contribution in [3.63, 3.8) is 0 Å². The minimum atomic E-state index is -0.173. The molecule has 0 amide bonds. The van der Waals surface area contributed by atoms with Crippen LogP contribution in [-0.2, 0) is 6.42 Å². The maximum Gasteiger partial charge on any atom is 0.123 e. The van der Waals surface area contributed by atoms with E-state index in [9.17, 15) is 0 Å². The molecule has 1 heterocycles. The number of hydrogen-bond donors (Lipinski definition) is 0. The van der Waals surface area contributed by atoms with E-state index >= 15 is 0 Å². The summed E-state index contributed by atoms with van der Waals surface area (Å²) in [5.41, 5.74) is 3.27. The molecule has 0 aromatic heterocycles. The van der Waals surface area contributed by atoms with Gasteiger partial charge in [-0.1, -0.05) is 44.0 Å². The predicted molar refractivity (Wildman–Crippen MR) is 94.4 cm³/mol. The topological polar surface area (TPSA) is 9.23 Å². The van der Waals surface area contributed by atoms with Crippen molar-refractivity contribution in [3.8, 4) is 5.75 Å². The van der Waals surface area contributed by atoms with E-state index in [1.807, 2.05) is 18.2 Å². The van der Waals surface area contributed by atoms with E-state index in [0.717, 1.165) is 32.2 Å². The fourth-order valence-corrected chi connectivity index (χ4v) is 4.29. The molecule has 21 heavy (non-hydrogen) atoms. The Labute approximate surface area is 146 Å². The van der Waals surface area contributed by atoms with Crippen LogP contribution in [0.25, 0.3) is 0 Å². The number of hydrogen-bond acceptors (Lipinski definition) is 1. The van der Waals surface area contributed by atoms with Gasteiger partial charge in [-0.05, 0) is 54.8 Å². The summed E-state index contributed by atoms with van der Waals surface area (Å²) in [5, 5.41) is -0.173. The number of fused-ring (bicyclic) bond motifs is 1. The molecule has 0 radical (unpaired) electrons. The summed E-state index contributed by atoms with van der Waals surface area (Å²) >= 11 is 13.7. The van der Waals surface area contributed by atoms with Crippen LogP contribution in [0.3, 0.4) is 0 Å². The summed E-state index contributed by atoms with van der Waals surface area (Å²) < 4.78 is 7.95. The predicted octanol–water partition coefficient (Wildman–Crippen LogP) is 6.25. The third kappa shape index (κ3) is 3.30. The van der Waals surface area contributed by atoms with Gasteiger partial charge in [-0.25, -0.2) is 0 Å². The first-order chi connectivity index (χ1) is 9.84. The Morgan fingerprint density at radius 2 is 1.71 bits per heavy atom. The van der Waals surface area contributed by atoms with Crippen molar-refractivity contribution in [1.82, 2.24) is 0 Å². The molecule has 1 nitrogen and oxygen atoms in total. The third-order valence-electron chi connectivity index (χ3n) is 3.56. The molecule has 2 aromatic rings. The summed E-state index contributed by atoms with van der Waals surface area (Å²) in [4.78, 5) is 0. The molecule has 1 aliphatic heterocycles. The highest BCUT2D eigenvalue weighted by Crippen LogP contribution is 2.39. The average Bonchev–Trinajstić information content (AvgIpc) is 2.69. The Kier molecular flexibility index (Phi) is 4.10. The second-order valence-electron chi connectivity index (χ2n) is 5.97. The van der Waals surface area contributed by atoms with Crippen molar-refractivity contribution in [1.29, 1.82) is 0 Å². The zero-order valence-corrected chi connectivity index (χ0v) is 15.7. The second-order valence-corrected chi connectivity index (χ2v) is 8.24. The van der Waals surface area contributed by atoms with Gasteiger partial charge < -0.3 is 4.74 Å². The lowest BCUT2D eigenvalue weighted by Crippen LogP contribution is -2.24. The molecule has 0 N–H and O–H groups in total. The zero-order chi connectivity index (χ0) is 15.2. The first-order valence-corrected chi connectivity index (χ1v) is 8.78. The van der Waals surface area contributed by atoms with Crippen molar-refractivity contribution >= 4 is 43.5 Å². The smallest absolute Gasteiger partial charge is 0.123 e. The van der Waals surface area contributed by atoms with Crippen LogP contribution < -0.4 is 4.74 Å². The van der Waals surface area contributed by atoms with Gasteiger partial charge in [0.1, 0.15) is 11.4 Å². The average molecular weight is 431 g/mol. The number of rotatable bonds is 2. The van der Waals surface area contributed by atoms with Crippen molar-refractivity contribution in [3.05, 3.63) is 62.0 Å². The summed E-state index contributed by atoms with van der Waals surface area (Å²) in [6.07, 6.45) is 0.919. The van der Waals surface area contributed by atoms with Gasteiger partial charge in [-0.15, -0.1) is 11.6 Å². The molecule has 0 bridgehead atoms. The van der Waals surface area contributed by atoms with Crippen LogP contribution in [-0.4, -0.2) is 5.60 Å². The van der Waals surface area contributed by atoms with Crippen molar-refractivity contribution < 1.29 is 4.74 Å². The molecule has 2 aromatic carbocycles. The monoisotopic (exact) mass is 428 g/mol. The highest BCUT2D eigenvalue weighted by atomic mass is 79.9. The SMILES string of the molecule is CC1(C)Cc2cc(C(Cl)c3cc(Br)cc(Br)c3)ccc2O1. The first-order valence-electron chi connectivity index (χ1n) is 6.76. The number of halogens is 3. The molecule has 4 heteroatoms. The Morgan fingerprint density at radius 1 is 1.05 bits per heavy atom. The van der Waals surface area contributed by atoms with Gasteiger partial charge in [-0.3, -0.25) is 0 Å². The van der Waals surface area contributed by atoms with Crippen LogP contribution in [0.15, 0.2) is 45.3 Å². The lowest BCUT2D eigenvalue weighted by molar-refractivity contribution is 0.138. The molecular formula is C17H15Br2ClO. The molecule has 1 aliphatic rings. The van der Waals surface area contributed by atoms with E-state index in [2.05, 4.69) is 63.9 Å². The number of alkyl halides is 1. The van der Waals surface area contributed by atoms with Gasteiger partial charge >= 0.3 is 0 Å². The highest BCUT2D eigenvalue weighted by Gasteiger charge is 2.30. The van der Waals surface area contributed by atoms with Gasteiger partial charge in [0.15, 0.2) is 0 Å². The van der Waals surface area contributed by atoms with Crippen LogP contribution in [0.4, 0.5) is 0 Å². The molecule has 1 unspecified atom stereocenters. The van der Waals surface area contributed by atoms with Crippen molar-refractivity contribution in [2.45, 2.75) is 31.2 Å². The maximum atomic E-state index is 6.67. The Bertz CT molecular complexity index is 677. The normalized spacial score (nSPS) is 17.2. The van der Waals surface area contributed by atoms with Crippen LogP contribution in [0.5, 0.6) is 5.75 Å². The quantitative estimate of drug-likeness (QED) is 0.512. The highest BCUT2D eigenvalue weighted by molar-refractivity contribution is 9.11.